The van der Waals surface area contributed by atoms with Crippen molar-refractivity contribution >= 4 is 76.1 Å². The Morgan fingerprint density at radius 3 is 2.42 bits per heavy atom. The van der Waals surface area contributed by atoms with Gasteiger partial charge in [-0.15, -0.1) is 11.3 Å². The summed E-state index contributed by atoms with van der Waals surface area (Å²) in [6, 6.07) is 18.7. The summed E-state index contributed by atoms with van der Waals surface area (Å²) in [5.74, 6) is -0.481. The summed E-state index contributed by atoms with van der Waals surface area (Å²) in [7, 11) is -3.96. The molecule has 0 saturated heterocycles. The molecule has 0 atom stereocenters. The molecular weight excluding hydrogens is 608 g/mol. The van der Waals surface area contributed by atoms with Crippen LogP contribution in [0.3, 0.4) is 0 Å². The second kappa shape index (κ2) is 12.4. The molecule has 0 aliphatic rings. The average Bonchev–Trinajstić information content (AvgIpc) is 3.58. The van der Waals surface area contributed by atoms with Crippen LogP contribution in [0.25, 0.3) is 10.2 Å². The average molecular weight is 628 g/mol. The minimum atomic E-state index is -3.96. The van der Waals surface area contributed by atoms with Gasteiger partial charge in [0.05, 0.1) is 33.5 Å². The summed E-state index contributed by atoms with van der Waals surface area (Å²) in [5.41, 5.74) is 0.932. The smallest absolute Gasteiger partial charge is 0.267 e. The van der Waals surface area contributed by atoms with E-state index in [0.29, 0.717) is 10.6 Å². The number of carbonyl (C=O) groups is 1. The van der Waals surface area contributed by atoms with Gasteiger partial charge in [-0.1, -0.05) is 33.3 Å². The first-order chi connectivity index (χ1) is 18.3. The molecule has 38 heavy (non-hydrogen) atoms. The Morgan fingerprint density at radius 1 is 1.08 bits per heavy atom. The van der Waals surface area contributed by atoms with Gasteiger partial charge in [0, 0.05) is 40.8 Å². The number of sulfonamides is 1. The fraction of sp³-hybridized carbons (Fsp3) is 0.160. The molecule has 192 valence electrons. The predicted molar refractivity (Wildman–Crippen MR) is 152 cm³/mol. The lowest BCUT2D eigenvalue weighted by molar-refractivity contribution is 0.0987. The number of aromatic nitrogens is 1. The zero-order valence-electron chi connectivity index (χ0n) is 19.7. The minimum absolute atomic E-state index is 0.00281. The maximum atomic E-state index is 13.6. The first-order valence-electron chi connectivity index (χ1n) is 11.2. The Labute approximate surface area is 236 Å². The third-order valence-corrected chi connectivity index (χ3v) is 9.45. The standard InChI is InChI=1S/C25H19BrN6O3S3/c26-19-7-10-22-23(16-19)37-25(30-22)32(29-17-20-4-1-15-36-20)24(33)18-5-8-21(9-6-18)38(34,35)31(13-2-11-27)14-3-12-28/h1,4-10,15-17H,2-3,13-14H2/b29-17+. The van der Waals surface area contributed by atoms with E-state index in [-0.39, 0.29) is 36.4 Å². The van der Waals surface area contributed by atoms with E-state index in [9.17, 15) is 13.2 Å². The number of halogens is 1. The Hall–Kier alpha value is -3.46. The van der Waals surface area contributed by atoms with E-state index >= 15 is 0 Å². The predicted octanol–water partition coefficient (Wildman–Crippen LogP) is 5.62. The number of nitrogens with zero attached hydrogens (tertiary/aromatic N) is 6. The van der Waals surface area contributed by atoms with Crippen LogP contribution in [0.15, 0.2) is 74.4 Å². The summed E-state index contributed by atoms with van der Waals surface area (Å²) in [4.78, 5) is 19.0. The number of nitriles is 2. The summed E-state index contributed by atoms with van der Waals surface area (Å²) in [6.07, 6.45) is 1.57. The van der Waals surface area contributed by atoms with Crippen LogP contribution in [-0.4, -0.2) is 42.9 Å². The van der Waals surface area contributed by atoms with Gasteiger partial charge >= 0.3 is 0 Å². The Balaban J connectivity index is 1.66. The fourth-order valence-corrected chi connectivity index (χ4v) is 6.88. The SMILES string of the molecule is N#CCCN(CCC#N)S(=O)(=O)c1ccc(C(=O)N(/N=C/c2cccs2)c2nc3ccc(Br)cc3s2)cc1. The fourth-order valence-electron chi connectivity index (χ4n) is 3.39. The van der Waals surface area contributed by atoms with Crippen LogP contribution < -0.4 is 5.01 Å². The monoisotopic (exact) mass is 626 g/mol. The molecule has 13 heteroatoms. The molecule has 0 bridgehead atoms. The highest BCUT2D eigenvalue weighted by Gasteiger charge is 2.26. The van der Waals surface area contributed by atoms with Crippen LogP contribution in [0.4, 0.5) is 5.13 Å². The van der Waals surface area contributed by atoms with Gasteiger partial charge in [-0.3, -0.25) is 4.79 Å². The lowest BCUT2D eigenvalue weighted by atomic mass is 10.2. The molecule has 2 aromatic heterocycles. The molecule has 2 heterocycles. The highest BCUT2D eigenvalue weighted by Crippen LogP contribution is 2.32. The van der Waals surface area contributed by atoms with Crippen LogP contribution in [0.5, 0.6) is 0 Å². The molecule has 4 aromatic rings. The van der Waals surface area contributed by atoms with Gasteiger partial charge in [0.2, 0.25) is 15.2 Å². The highest BCUT2D eigenvalue weighted by molar-refractivity contribution is 9.10. The van der Waals surface area contributed by atoms with E-state index in [1.165, 1.54) is 51.9 Å². The van der Waals surface area contributed by atoms with Crippen molar-refractivity contribution in [3.8, 4) is 12.1 Å². The van der Waals surface area contributed by atoms with E-state index in [4.69, 9.17) is 10.5 Å². The number of thiazole rings is 1. The Morgan fingerprint density at radius 2 is 1.79 bits per heavy atom. The van der Waals surface area contributed by atoms with Gasteiger partial charge < -0.3 is 0 Å². The highest BCUT2D eigenvalue weighted by atomic mass is 79.9. The van der Waals surface area contributed by atoms with Crippen molar-refractivity contribution in [2.24, 2.45) is 5.10 Å². The number of benzene rings is 2. The van der Waals surface area contributed by atoms with Crippen molar-refractivity contribution in [2.45, 2.75) is 17.7 Å². The van der Waals surface area contributed by atoms with Gasteiger partial charge in [0.15, 0.2) is 0 Å². The lowest BCUT2D eigenvalue weighted by Gasteiger charge is -2.20. The van der Waals surface area contributed by atoms with Gasteiger partial charge in [-0.2, -0.15) is 24.9 Å². The van der Waals surface area contributed by atoms with Gasteiger partial charge in [0.1, 0.15) is 0 Å². The molecule has 0 unspecified atom stereocenters. The molecule has 1 amide bonds. The van der Waals surface area contributed by atoms with E-state index < -0.39 is 15.9 Å². The van der Waals surface area contributed by atoms with Crippen molar-refractivity contribution in [1.29, 1.82) is 10.5 Å². The van der Waals surface area contributed by atoms with Gasteiger partial charge in [0.25, 0.3) is 5.91 Å². The zero-order chi connectivity index (χ0) is 27.1. The number of rotatable bonds is 10. The van der Waals surface area contributed by atoms with Crippen molar-refractivity contribution in [2.75, 3.05) is 18.1 Å². The van der Waals surface area contributed by atoms with E-state index in [1.54, 1.807) is 6.21 Å². The largest absolute Gasteiger partial charge is 0.280 e. The summed E-state index contributed by atoms with van der Waals surface area (Å²) >= 11 is 6.22. The maximum Gasteiger partial charge on any atom is 0.280 e. The van der Waals surface area contributed by atoms with E-state index in [1.807, 2.05) is 47.9 Å². The second-order valence-electron chi connectivity index (χ2n) is 7.73. The summed E-state index contributed by atoms with van der Waals surface area (Å²) in [6.45, 7) is -0.0553. The molecule has 0 aliphatic heterocycles. The quantitative estimate of drug-likeness (QED) is 0.166. The van der Waals surface area contributed by atoms with Crippen molar-refractivity contribution in [1.82, 2.24) is 9.29 Å². The molecule has 0 saturated carbocycles. The third-order valence-electron chi connectivity index (χ3n) is 5.24. The molecule has 0 N–H and O–H groups in total. The zero-order valence-corrected chi connectivity index (χ0v) is 23.7. The number of hydrazone groups is 1. The summed E-state index contributed by atoms with van der Waals surface area (Å²) < 4.78 is 29.1. The molecule has 0 aliphatic carbocycles. The number of hydrogen-bond donors (Lipinski definition) is 0. The molecule has 0 spiro atoms. The minimum Gasteiger partial charge on any atom is -0.267 e. The first-order valence-corrected chi connectivity index (χ1v) is 15.1. The van der Waals surface area contributed by atoms with Crippen LogP contribution >= 0.6 is 38.6 Å². The van der Waals surface area contributed by atoms with Crippen molar-refractivity contribution in [3.05, 3.63) is 74.9 Å². The van der Waals surface area contributed by atoms with E-state index in [0.717, 1.165) is 18.4 Å². The molecule has 4 rings (SSSR count). The number of anilines is 1. The normalized spacial score (nSPS) is 11.6. The van der Waals surface area contributed by atoms with Crippen LogP contribution in [-0.2, 0) is 10.0 Å². The van der Waals surface area contributed by atoms with Crippen LogP contribution in [0, 0.1) is 22.7 Å². The maximum absolute atomic E-state index is 13.6. The lowest BCUT2D eigenvalue weighted by Crippen LogP contribution is -2.33. The Bertz CT molecular complexity index is 1640. The number of fused-ring (bicyclic) bond motifs is 1. The molecular formula is C25H19BrN6O3S3. The van der Waals surface area contributed by atoms with Gasteiger partial charge in [-0.05, 0) is 53.9 Å². The third kappa shape index (κ3) is 6.32. The van der Waals surface area contributed by atoms with Crippen molar-refractivity contribution < 1.29 is 13.2 Å². The molecule has 0 fully saturated rings. The molecule has 0 radical (unpaired) electrons. The number of amides is 1. The van der Waals surface area contributed by atoms with E-state index in [2.05, 4.69) is 26.0 Å². The Kier molecular flexibility index (Phi) is 8.99. The van der Waals surface area contributed by atoms with Gasteiger partial charge in [-0.25, -0.2) is 13.4 Å². The summed E-state index contributed by atoms with van der Waals surface area (Å²) in [5, 5.41) is 25.7. The van der Waals surface area contributed by atoms with Crippen molar-refractivity contribution in [3.63, 3.8) is 0 Å². The second-order valence-corrected chi connectivity index (χ2v) is 12.6. The first kappa shape index (κ1) is 27.6. The number of hydrogen-bond acceptors (Lipinski definition) is 9. The number of thiophene rings is 1. The van der Waals surface area contributed by atoms with Crippen LogP contribution in [0.2, 0.25) is 0 Å². The molecule has 2 aromatic carbocycles. The van der Waals surface area contributed by atoms with Crippen LogP contribution in [0.1, 0.15) is 28.1 Å². The molecule has 9 nitrogen and oxygen atoms in total. The number of carbonyl (C=O) groups excluding carboxylic acids is 1. The topological polar surface area (TPSA) is 131 Å².